The van der Waals surface area contributed by atoms with Crippen molar-refractivity contribution >= 4 is 46.2 Å². The summed E-state index contributed by atoms with van der Waals surface area (Å²) >= 11 is 11.9. The van der Waals surface area contributed by atoms with Gasteiger partial charge < -0.3 is 10.3 Å². The number of halogens is 2. The predicted octanol–water partition coefficient (Wildman–Crippen LogP) is 5.13. The highest BCUT2D eigenvalue weighted by Crippen LogP contribution is 2.35. The molecule has 0 saturated carbocycles. The number of amides is 2. The van der Waals surface area contributed by atoms with Crippen molar-refractivity contribution in [3.63, 3.8) is 0 Å². The Labute approximate surface area is 195 Å². The number of hydrogen-bond donors (Lipinski definition) is 3. The molecule has 4 rings (SSSR count). The Morgan fingerprint density at radius 3 is 2.78 bits per heavy atom. The topological polar surface area (TPSA) is 93.6 Å². The quantitative estimate of drug-likeness (QED) is 0.353. The Kier molecular flexibility index (Phi) is 6.57. The van der Waals surface area contributed by atoms with Gasteiger partial charge in [0.1, 0.15) is 6.33 Å². The van der Waals surface area contributed by atoms with Crippen LogP contribution < -0.4 is 15.8 Å². The van der Waals surface area contributed by atoms with Crippen molar-refractivity contribution in [1.29, 1.82) is 0 Å². The molecule has 0 fully saturated rings. The van der Waals surface area contributed by atoms with Gasteiger partial charge in [-0.15, -0.1) is 0 Å². The molecule has 1 atom stereocenters. The third kappa shape index (κ3) is 4.68. The summed E-state index contributed by atoms with van der Waals surface area (Å²) in [5.41, 5.74) is 6.69. The minimum Gasteiger partial charge on any atom is -0.315 e. The summed E-state index contributed by atoms with van der Waals surface area (Å²) in [5, 5.41) is 16.3. The van der Waals surface area contributed by atoms with Crippen LogP contribution in [0, 0.1) is 0 Å². The van der Waals surface area contributed by atoms with E-state index in [9.17, 15) is 10.0 Å². The van der Waals surface area contributed by atoms with Crippen LogP contribution in [-0.2, 0) is 0 Å². The predicted molar refractivity (Wildman–Crippen MR) is 124 cm³/mol. The molecule has 164 valence electrons. The van der Waals surface area contributed by atoms with Gasteiger partial charge in [0, 0.05) is 30.2 Å². The standard InChI is InChI=1S/C22H20Cl2N6O2/c1-2-29-12-17(21(28-29)20-8-9-25-13-26-20)14-4-3-5-16(10-14)30(32)22(31)27-15-6-7-18(23)19(24)11-15/h3-13,21,28,32H,2H2,1H3,(H,27,31). The molecule has 0 saturated heterocycles. The fourth-order valence-electron chi connectivity index (χ4n) is 3.32. The lowest BCUT2D eigenvalue weighted by Gasteiger charge is -2.20. The van der Waals surface area contributed by atoms with E-state index in [-0.39, 0.29) is 6.04 Å². The van der Waals surface area contributed by atoms with Crippen molar-refractivity contribution in [1.82, 2.24) is 20.4 Å². The number of nitrogens with zero attached hydrogens (tertiary/aromatic N) is 4. The zero-order chi connectivity index (χ0) is 22.7. The highest BCUT2D eigenvalue weighted by Gasteiger charge is 2.27. The summed E-state index contributed by atoms with van der Waals surface area (Å²) in [6, 6.07) is 12.6. The van der Waals surface area contributed by atoms with Gasteiger partial charge in [-0.2, -0.15) is 5.06 Å². The first kappa shape index (κ1) is 22.0. The number of carbonyl (C=O) groups excluding carboxylic acids is 1. The Morgan fingerprint density at radius 2 is 2.06 bits per heavy atom. The van der Waals surface area contributed by atoms with E-state index in [0.717, 1.165) is 23.4 Å². The van der Waals surface area contributed by atoms with Crippen LogP contribution in [0.4, 0.5) is 16.2 Å². The second-order valence-electron chi connectivity index (χ2n) is 6.99. The number of urea groups is 1. The summed E-state index contributed by atoms with van der Waals surface area (Å²) < 4.78 is 0. The second-order valence-corrected chi connectivity index (χ2v) is 7.80. The zero-order valence-corrected chi connectivity index (χ0v) is 18.5. The lowest BCUT2D eigenvalue weighted by molar-refractivity contribution is 0.216. The molecule has 0 bridgehead atoms. The SMILES string of the molecule is CCN1C=C(c2cccc(N(O)C(=O)Nc3ccc(Cl)c(Cl)c3)c2)C(c2ccncn2)N1. The van der Waals surface area contributed by atoms with Gasteiger partial charge in [-0.1, -0.05) is 35.3 Å². The first-order valence-corrected chi connectivity index (χ1v) is 10.6. The van der Waals surface area contributed by atoms with Crippen molar-refractivity contribution in [2.24, 2.45) is 0 Å². The van der Waals surface area contributed by atoms with Crippen LogP contribution in [0.25, 0.3) is 5.57 Å². The normalized spacial score (nSPS) is 15.4. The smallest absolute Gasteiger partial charge is 0.315 e. The van der Waals surface area contributed by atoms with Gasteiger partial charge >= 0.3 is 6.03 Å². The van der Waals surface area contributed by atoms with Crippen LogP contribution in [0.5, 0.6) is 0 Å². The zero-order valence-electron chi connectivity index (χ0n) is 17.0. The number of hydroxylamine groups is 1. The molecule has 3 N–H and O–H groups in total. The Hall–Kier alpha value is -3.17. The molecule has 2 amide bonds. The third-order valence-corrected chi connectivity index (χ3v) is 5.67. The van der Waals surface area contributed by atoms with E-state index in [1.807, 2.05) is 30.3 Å². The average Bonchev–Trinajstić information content (AvgIpc) is 3.26. The van der Waals surface area contributed by atoms with Gasteiger partial charge in [0.25, 0.3) is 0 Å². The van der Waals surface area contributed by atoms with E-state index >= 15 is 0 Å². The summed E-state index contributed by atoms with van der Waals surface area (Å²) in [6.45, 7) is 2.78. The second kappa shape index (κ2) is 9.54. The molecule has 1 unspecified atom stereocenters. The van der Waals surface area contributed by atoms with Gasteiger partial charge in [0.15, 0.2) is 0 Å². The summed E-state index contributed by atoms with van der Waals surface area (Å²) in [5.74, 6) is 0. The molecule has 0 radical (unpaired) electrons. The Morgan fingerprint density at radius 1 is 1.22 bits per heavy atom. The number of hydrogen-bond acceptors (Lipinski definition) is 6. The molecule has 0 aliphatic carbocycles. The molecular formula is C22H20Cl2N6O2. The van der Waals surface area contributed by atoms with Crippen LogP contribution in [0.3, 0.4) is 0 Å². The molecule has 0 spiro atoms. The van der Waals surface area contributed by atoms with Crippen LogP contribution in [0.1, 0.15) is 24.2 Å². The van der Waals surface area contributed by atoms with E-state index in [0.29, 0.717) is 26.5 Å². The minimum absolute atomic E-state index is 0.189. The van der Waals surface area contributed by atoms with E-state index < -0.39 is 6.03 Å². The van der Waals surface area contributed by atoms with Gasteiger partial charge in [-0.3, -0.25) is 5.21 Å². The highest BCUT2D eigenvalue weighted by molar-refractivity contribution is 6.42. The molecule has 32 heavy (non-hydrogen) atoms. The van der Waals surface area contributed by atoms with Crippen LogP contribution >= 0.6 is 23.2 Å². The van der Waals surface area contributed by atoms with E-state index in [1.165, 1.54) is 12.4 Å². The molecule has 1 aliphatic heterocycles. The summed E-state index contributed by atoms with van der Waals surface area (Å²) in [4.78, 5) is 20.9. The molecular weight excluding hydrogens is 451 g/mol. The number of anilines is 2. The van der Waals surface area contributed by atoms with Crippen molar-refractivity contribution in [2.75, 3.05) is 16.9 Å². The fraction of sp³-hybridized carbons (Fsp3) is 0.136. The number of benzene rings is 2. The number of aromatic nitrogens is 2. The first-order valence-electron chi connectivity index (χ1n) is 9.82. The molecule has 10 heteroatoms. The lowest BCUT2D eigenvalue weighted by Crippen LogP contribution is -2.32. The summed E-state index contributed by atoms with van der Waals surface area (Å²) in [6.07, 6.45) is 5.18. The highest BCUT2D eigenvalue weighted by atomic mass is 35.5. The molecule has 2 aromatic carbocycles. The minimum atomic E-state index is -0.735. The molecule has 2 heterocycles. The van der Waals surface area contributed by atoms with E-state index in [1.54, 1.807) is 36.5 Å². The van der Waals surface area contributed by atoms with E-state index in [4.69, 9.17) is 23.2 Å². The van der Waals surface area contributed by atoms with Crippen LogP contribution in [-0.4, -0.2) is 32.8 Å². The summed E-state index contributed by atoms with van der Waals surface area (Å²) in [7, 11) is 0. The van der Waals surface area contributed by atoms with Crippen molar-refractivity contribution in [3.8, 4) is 0 Å². The van der Waals surface area contributed by atoms with Crippen molar-refractivity contribution < 1.29 is 10.0 Å². The monoisotopic (exact) mass is 470 g/mol. The molecule has 8 nitrogen and oxygen atoms in total. The van der Waals surface area contributed by atoms with Crippen LogP contribution in [0.15, 0.2) is 67.3 Å². The molecule has 1 aromatic heterocycles. The van der Waals surface area contributed by atoms with Gasteiger partial charge in [0.05, 0.1) is 27.5 Å². The van der Waals surface area contributed by atoms with Crippen LogP contribution in [0.2, 0.25) is 10.0 Å². The van der Waals surface area contributed by atoms with E-state index in [2.05, 4.69) is 20.7 Å². The average molecular weight is 471 g/mol. The van der Waals surface area contributed by atoms with Gasteiger partial charge in [-0.05, 0) is 48.9 Å². The van der Waals surface area contributed by atoms with Crippen molar-refractivity contribution in [3.05, 3.63) is 88.6 Å². The fourth-order valence-corrected chi connectivity index (χ4v) is 3.62. The first-order chi connectivity index (χ1) is 15.5. The lowest BCUT2D eigenvalue weighted by atomic mass is 9.98. The maximum Gasteiger partial charge on any atom is 0.350 e. The van der Waals surface area contributed by atoms with Gasteiger partial charge in [0.2, 0.25) is 0 Å². The molecule has 3 aromatic rings. The number of hydrazine groups is 1. The largest absolute Gasteiger partial charge is 0.350 e. The number of rotatable bonds is 5. The maximum atomic E-state index is 12.6. The number of nitrogens with one attached hydrogen (secondary N) is 2. The Bertz CT molecular complexity index is 1160. The molecule has 1 aliphatic rings. The third-order valence-electron chi connectivity index (χ3n) is 4.93. The van der Waals surface area contributed by atoms with Crippen molar-refractivity contribution in [2.45, 2.75) is 13.0 Å². The maximum absolute atomic E-state index is 12.6. The van der Waals surface area contributed by atoms with Gasteiger partial charge in [-0.25, -0.2) is 20.2 Å². The Balaban J connectivity index is 1.58. The number of carbonyl (C=O) groups is 1.